The number of nitrogen functional groups attached to an aromatic ring is 1. The smallest absolute Gasteiger partial charge is 0.271 e. The zero-order valence-electron chi connectivity index (χ0n) is 10.2. The second-order valence-electron chi connectivity index (χ2n) is 4.27. The van der Waals surface area contributed by atoms with Crippen LogP contribution in [0.3, 0.4) is 0 Å². The fraction of sp³-hybridized carbons (Fsp3) is 0.545. The van der Waals surface area contributed by atoms with Gasteiger partial charge in [-0.05, 0) is 19.3 Å². The topological polar surface area (TPSA) is 102 Å². The number of hydrogen-bond donors (Lipinski definition) is 3. The lowest BCUT2D eigenvalue weighted by Gasteiger charge is -2.12. The number of carbonyl (C=O) groups excluding carboxylic acids is 1. The van der Waals surface area contributed by atoms with E-state index in [0.29, 0.717) is 5.82 Å². The van der Waals surface area contributed by atoms with Crippen LogP contribution in [-0.4, -0.2) is 35.1 Å². The molecule has 0 aromatic carbocycles. The van der Waals surface area contributed by atoms with Gasteiger partial charge in [0.05, 0.1) is 18.5 Å². The van der Waals surface area contributed by atoms with Gasteiger partial charge in [0.2, 0.25) is 0 Å². The number of nitrogens with one attached hydrogen (secondary N) is 2. The van der Waals surface area contributed by atoms with Crippen molar-refractivity contribution in [3.8, 4) is 0 Å². The average Bonchev–Trinajstić information content (AvgIpc) is 2.86. The molecule has 1 amide bonds. The van der Waals surface area contributed by atoms with Gasteiger partial charge in [-0.15, -0.1) is 0 Å². The third-order valence-electron chi connectivity index (χ3n) is 3.09. The molecule has 1 aliphatic carbocycles. The maximum absolute atomic E-state index is 11.9. The van der Waals surface area contributed by atoms with Gasteiger partial charge in [0.25, 0.3) is 5.91 Å². The summed E-state index contributed by atoms with van der Waals surface area (Å²) in [6.45, 7) is 0. The lowest BCUT2D eigenvalue weighted by Crippen LogP contribution is -2.34. The van der Waals surface area contributed by atoms with Crippen LogP contribution in [0.25, 0.3) is 0 Å². The first-order valence-corrected chi connectivity index (χ1v) is 5.85. The van der Waals surface area contributed by atoms with E-state index in [0.717, 1.165) is 19.3 Å². The standard InChI is InChI=1S/C11H17N5O2/c1-18-8-3-2-7(4-8)15-11(17)9-5-14-10(16-12)6-13-9/h5-8H,2-4,12H2,1H3,(H,14,16)(H,15,17). The summed E-state index contributed by atoms with van der Waals surface area (Å²) in [5.74, 6) is 5.38. The SMILES string of the molecule is COC1CCC(NC(=O)c2cnc(NN)cn2)C1. The lowest BCUT2D eigenvalue weighted by atomic mass is 10.2. The van der Waals surface area contributed by atoms with Crippen LogP contribution in [-0.2, 0) is 4.74 Å². The second kappa shape index (κ2) is 5.74. The number of rotatable bonds is 4. The molecule has 0 spiro atoms. The van der Waals surface area contributed by atoms with Crippen LogP contribution in [0.1, 0.15) is 29.8 Å². The molecule has 7 nitrogen and oxygen atoms in total. The number of amides is 1. The molecule has 0 radical (unpaired) electrons. The molecule has 1 fully saturated rings. The quantitative estimate of drug-likeness (QED) is 0.516. The van der Waals surface area contributed by atoms with Crippen molar-refractivity contribution in [3.05, 3.63) is 18.1 Å². The summed E-state index contributed by atoms with van der Waals surface area (Å²) in [6.07, 6.45) is 5.81. The van der Waals surface area contributed by atoms with E-state index in [9.17, 15) is 4.79 Å². The van der Waals surface area contributed by atoms with Crippen molar-refractivity contribution in [3.63, 3.8) is 0 Å². The van der Waals surface area contributed by atoms with Gasteiger partial charge in [-0.3, -0.25) is 4.79 Å². The van der Waals surface area contributed by atoms with E-state index in [2.05, 4.69) is 20.7 Å². The highest BCUT2D eigenvalue weighted by atomic mass is 16.5. The van der Waals surface area contributed by atoms with Crippen LogP contribution >= 0.6 is 0 Å². The highest BCUT2D eigenvalue weighted by Gasteiger charge is 2.26. The summed E-state index contributed by atoms with van der Waals surface area (Å²) < 4.78 is 5.26. The number of anilines is 1. The molecule has 1 aliphatic rings. The van der Waals surface area contributed by atoms with E-state index in [1.165, 1.54) is 12.4 Å². The van der Waals surface area contributed by atoms with E-state index >= 15 is 0 Å². The van der Waals surface area contributed by atoms with Gasteiger partial charge in [0, 0.05) is 13.2 Å². The molecule has 4 N–H and O–H groups in total. The van der Waals surface area contributed by atoms with Crippen LogP contribution in [0.4, 0.5) is 5.82 Å². The van der Waals surface area contributed by atoms with Gasteiger partial charge in [0.1, 0.15) is 5.69 Å². The van der Waals surface area contributed by atoms with Crippen molar-refractivity contribution >= 4 is 11.7 Å². The molecule has 1 aromatic rings. The van der Waals surface area contributed by atoms with Crippen molar-refractivity contribution in [1.82, 2.24) is 15.3 Å². The van der Waals surface area contributed by atoms with Crippen molar-refractivity contribution < 1.29 is 9.53 Å². The minimum atomic E-state index is -0.215. The lowest BCUT2D eigenvalue weighted by molar-refractivity contribution is 0.0910. The van der Waals surface area contributed by atoms with E-state index in [1.807, 2.05) is 0 Å². The monoisotopic (exact) mass is 251 g/mol. The molecule has 0 saturated heterocycles. The Hall–Kier alpha value is -1.73. The molecule has 0 aliphatic heterocycles. The first-order valence-electron chi connectivity index (χ1n) is 5.85. The minimum Gasteiger partial charge on any atom is -0.381 e. The highest BCUT2D eigenvalue weighted by Crippen LogP contribution is 2.21. The van der Waals surface area contributed by atoms with Gasteiger partial charge < -0.3 is 15.5 Å². The van der Waals surface area contributed by atoms with Gasteiger partial charge in [-0.2, -0.15) is 0 Å². The number of hydrogen-bond acceptors (Lipinski definition) is 6. The summed E-state index contributed by atoms with van der Waals surface area (Å²) in [4.78, 5) is 19.8. The summed E-state index contributed by atoms with van der Waals surface area (Å²) in [7, 11) is 1.69. The van der Waals surface area contributed by atoms with Crippen LogP contribution in [0, 0.1) is 0 Å². The predicted octanol–water partition coefficient (Wildman–Crippen LogP) is 0.0595. The number of hydrazine groups is 1. The number of ether oxygens (including phenoxy) is 1. The van der Waals surface area contributed by atoms with E-state index in [1.54, 1.807) is 7.11 Å². The van der Waals surface area contributed by atoms with Crippen molar-refractivity contribution in [2.75, 3.05) is 12.5 Å². The van der Waals surface area contributed by atoms with Crippen molar-refractivity contribution in [2.24, 2.45) is 5.84 Å². The Labute approximate surface area is 105 Å². The van der Waals surface area contributed by atoms with Crippen LogP contribution in [0.2, 0.25) is 0 Å². The maximum Gasteiger partial charge on any atom is 0.271 e. The van der Waals surface area contributed by atoms with Crippen LogP contribution in [0.15, 0.2) is 12.4 Å². The second-order valence-corrected chi connectivity index (χ2v) is 4.27. The van der Waals surface area contributed by atoms with Crippen molar-refractivity contribution in [2.45, 2.75) is 31.4 Å². The molecule has 2 atom stereocenters. The first kappa shape index (κ1) is 12.7. The zero-order chi connectivity index (χ0) is 13.0. The molecular weight excluding hydrogens is 234 g/mol. The molecule has 98 valence electrons. The third-order valence-corrected chi connectivity index (χ3v) is 3.09. The molecule has 1 aromatic heterocycles. The maximum atomic E-state index is 11.9. The number of carbonyl (C=O) groups is 1. The number of nitrogens with zero attached hydrogens (tertiary/aromatic N) is 2. The predicted molar refractivity (Wildman–Crippen MR) is 65.7 cm³/mol. The molecule has 2 unspecified atom stereocenters. The summed E-state index contributed by atoms with van der Waals surface area (Å²) in [5.41, 5.74) is 2.64. The molecule has 1 saturated carbocycles. The first-order chi connectivity index (χ1) is 8.72. The molecule has 18 heavy (non-hydrogen) atoms. The van der Waals surface area contributed by atoms with Gasteiger partial charge >= 0.3 is 0 Å². The van der Waals surface area contributed by atoms with E-state index in [4.69, 9.17) is 10.6 Å². The summed E-state index contributed by atoms with van der Waals surface area (Å²) in [5, 5.41) is 2.92. The van der Waals surface area contributed by atoms with Gasteiger partial charge in [-0.1, -0.05) is 0 Å². The highest BCUT2D eigenvalue weighted by molar-refractivity contribution is 5.92. The molecule has 2 rings (SSSR count). The Kier molecular flexibility index (Phi) is 4.06. The normalized spacial score (nSPS) is 22.8. The average molecular weight is 251 g/mol. The molecule has 7 heteroatoms. The molecular formula is C11H17N5O2. The summed E-state index contributed by atoms with van der Waals surface area (Å²) >= 11 is 0. The summed E-state index contributed by atoms with van der Waals surface area (Å²) in [6, 6.07) is 0.150. The Balaban J connectivity index is 1.91. The van der Waals surface area contributed by atoms with E-state index in [-0.39, 0.29) is 23.7 Å². The van der Waals surface area contributed by atoms with E-state index < -0.39 is 0 Å². The number of aromatic nitrogens is 2. The van der Waals surface area contributed by atoms with Gasteiger partial charge in [0.15, 0.2) is 5.82 Å². The Morgan fingerprint density at radius 2 is 2.28 bits per heavy atom. The van der Waals surface area contributed by atoms with Crippen molar-refractivity contribution in [1.29, 1.82) is 0 Å². The Morgan fingerprint density at radius 3 is 2.83 bits per heavy atom. The van der Waals surface area contributed by atoms with Crippen LogP contribution < -0.4 is 16.6 Å². The number of nitrogens with two attached hydrogens (primary N) is 1. The Bertz CT molecular complexity index is 408. The molecule has 1 heterocycles. The third kappa shape index (κ3) is 2.93. The zero-order valence-corrected chi connectivity index (χ0v) is 10.2. The van der Waals surface area contributed by atoms with Crippen LogP contribution in [0.5, 0.6) is 0 Å². The fourth-order valence-corrected chi connectivity index (χ4v) is 2.06. The fourth-order valence-electron chi connectivity index (χ4n) is 2.06. The Morgan fingerprint density at radius 1 is 1.44 bits per heavy atom. The molecule has 0 bridgehead atoms. The van der Waals surface area contributed by atoms with Gasteiger partial charge in [-0.25, -0.2) is 15.8 Å². The largest absolute Gasteiger partial charge is 0.381 e. The minimum absolute atomic E-state index is 0.150. The number of methoxy groups -OCH3 is 1.